The monoisotopic (exact) mass is 401 g/mol. The van der Waals surface area contributed by atoms with Crippen molar-refractivity contribution in [3.63, 3.8) is 0 Å². The van der Waals surface area contributed by atoms with E-state index in [2.05, 4.69) is 21.2 Å². The summed E-state index contributed by atoms with van der Waals surface area (Å²) in [6, 6.07) is 3.10. The lowest BCUT2D eigenvalue weighted by Gasteiger charge is -2.15. The molecule has 0 aliphatic rings. The van der Waals surface area contributed by atoms with Crippen LogP contribution in [0.25, 0.3) is 0 Å². The van der Waals surface area contributed by atoms with Crippen LogP contribution in [0.2, 0.25) is 0 Å². The number of halogens is 3. The first-order valence-electron chi connectivity index (χ1n) is 7.62. The van der Waals surface area contributed by atoms with Crippen molar-refractivity contribution in [3.8, 4) is 17.2 Å². The maximum atomic E-state index is 12.4. The van der Waals surface area contributed by atoms with Crippen molar-refractivity contribution in [2.24, 2.45) is 4.99 Å². The molecule has 0 aliphatic heterocycles. The summed E-state index contributed by atoms with van der Waals surface area (Å²) in [6.45, 7) is 5.86. The maximum absolute atomic E-state index is 12.4. The lowest BCUT2D eigenvalue weighted by atomic mass is 10.2. The Labute approximate surface area is 159 Å². The normalized spacial score (nSPS) is 12.6. The molecule has 0 heterocycles. The van der Waals surface area contributed by atoms with Gasteiger partial charge in [0.05, 0.1) is 19.8 Å². The number of Topliss-reactive ketones (excluding diaryl/α,β-unsaturated/α-hetero) is 1. The number of hydrogen-bond donors (Lipinski definition) is 0. The fraction of sp³-hybridized carbons (Fsp3) is 0.278. The summed E-state index contributed by atoms with van der Waals surface area (Å²) >= 11 is 0. The predicted octanol–water partition coefficient (Wildman–Crippen LogP) is 3.59. The van der Waals surface area contributed by atoms with Crippen LogP contribution in [0.4, 0.5) is 13.2 Å². The number of allylic oxidation sites excluding steroid dienone is 2. The van der Waals surface area contributed by atoms with Gasteiger partial charge in [-0.2, -0.15) is 0 Å². The number of nitrogens with zero attached hydrogens (tertiary/aromatic N) is 1. The van der Waals surface area contributed by atoms with Crippen molar-refractivity contribution in [3.05, 3.63) is 41.3 Å². The number of aliphatic imine (C=N–C) groups is 1. The first-order valence-corrected chi connectivity index (χ1v) is 7.62. The molecule has 0 amide bonds. The summed E-state index contributed by atoms with van der Waals surface area (Å²) in [5, 5.41) is 0. The van der Waals surface area contributed by atoms with E-state index in [9.17, 15) is 22.8 Å². The quantitative estimate of drug-likeness (QED) is 0.218. The molecule has 0 N–H and O–H groups in total. The Morgan fingerprint density at radius 2 is 1.79 bits per heavy atom. The van der Waals surface area contributed by atoms with Crippen LogP contribution >= 0.6 is 0 Å². The van der Waals surface area contributed by atoms with Gasteiger partial charge in [-0.15, -0.1) is 13.2 Å². The Bertz CT molecular complexity index is 827. The topological polar surface area (TPSA) is 83.4 Å². The number of ketones is 1. The highest BCUT2D eigenvalue weighted by Gasteiger charge is 2.31. The maximum Gasteiger partial charge on any atom is 0.573 e. The Balaban J connectivity index is 3.41. The molecule has 0 aliphatic carbocycles. The smallest absolute Gasteiger partial charge is 0.493 e. The highest BCUT2D eigenvalue weighted by molar-refractivity contribution is 5.95. The van der Waals surface area contributed by atoms with E-state index in [1.807, 2.05) is 0 Å². The van der Waals surface area contributed by atoms with Gasteiger partial charge in [-0.05, 0) is 25.8 Å². The van der Waals surface area contributed by atoms with Gasteiger partial charge in [-0.25, -0.2) is 4.79 Å². The third-order valence-corrected chi connectivity index (χ3v) is 3.25. The average molecular weight is 401 g/mol. The minimum absolute atomic E-state index is 0.0254. The summed E-state index contributed by atoms with van der Waals surface area (Å²) < 4.78 is 56.2. The molecule has 0 atom stereocenters. The third kappa shape index (κ3) is 6.45. The van der Waals surface area contributed by atoms with Crippen LogP contribution in [-0.2, 0) is 14.3 Å². The number of hydrogen-bond acceptors (Lipinski definition) is 7. The molecule has 0 bridgehead atoms. The minimum Gasteiger partial charge on any atom is -0.493 e. The fourth-order valence-corrected chi connectivity index (χ4v) is 1.90. The standard InChI is InChI=1S/C18H18F3NO6/c1-10(17(24)26-5)15(9-13(22-3)11(2)23)27-14-7-6-12(8-16(14)25-4)28-18(19,20)21/h6-9H,3H2,1-2,4-5H3/b13-9-,15-10-. The zero-order valence-corrected chi connectivity index (χ0v) is 15.5. The molecule has 0 spiro atoms. The summed E-state index contributed by atoms with van der Waals surface area (Å²) in [6.07, 6.45) is -3.73. The van der Waals surface area contributed by atoms with Gasteiger partial charge in [0.2, 0.25) is 0 Å². The van der Waals surface area contributed by atoms with E-state index in [4.69, 9.17) is 9.47 Å². The Morgan fingerprint density at radius 1 is 1.14 bits per heavy atom. The number of carbonyl (C=O) groups is 2. The number of esters is 1. The molecule has 0 unspecified atom stereocenters. The molecule has 152 valence electrons. The number of carbonyl (C=O) groups excluding carboxylic acids is 2. The predicted molar refractivity (Wildman–Crippen MR) is 93.3 cm³/mol. The first-order chi connectivity index (χ1) is 13.0. The van der Waals surface area contributed by atoms with Gasteiger partial charge in [0.25, 0.3) is 0 Å². The van der Waals surface area contributed by atoms with Crippen molar-refractivity contribution in [2.45, 2.75) is 20.2 Å². The number of alkyl halides is 3. The molecular formula is C18H18F3NO6. The summed E-state index contributed by atoms with van der Waals surface area (Å²) in [5.74, 6) is -2.02. The molecule has 1 aromatic rings. The zero-order valence-electron chi connectivity index (χ0n) is 15.5. The van der Waals surface area contributed by atoms with E-state index >= 15 is 0 Å². The van der Waals surface area contributed by atoms with E-state index < -0.39 is 23.9 Å². The molecule has 28 heavy (non-hydrogen) atoms. The molecule has 0 saturated carbocycles. The average Bonchev–Trinajstić information content (AvgIpc) is 2.62. The van der Waals surface area contributed by atoms with E-state index in [-0.39, 0.29) is 28.5 Å². The molecule has 0 aromatic heterocycles. The fourth-order valence-electron chi connectivity index (χ4n) is 1.90. The highest BCUT2D eigenvalue weighted by Crippen LogP contribution is 2.35. The number of rotatable bonds is 8. The zero-order chi connectivity index (χ0) is 21.5. The van der Waals surface area contributed by atoms with Crippen LogP contribution in [0.5, 0.6) is 17.2 Å². The SMILES string of the molecule is C=N/C(=C\C(Oc1ccc(OC(F)(F)F)cc1OC)=C(/C)C(=O)OC)C(C)=O. The van der Waals surface area contributed by atoms with Crippen LogP contribution in [0.3, 0.4) is 0 Å². The van der Waals surface area contributed by atoms with Gasteiger partial charge in [0.1, 0.15) is 17.2 Å². The Kier molecular flexibility index (Phi) is 7.78. The number of ether oxygens (including phenoxy) is 4. The molecule has 10 heteroatoms. The first kappa shape index (κ1) is 22.7. The van der Waals surface area contributed by atoms with Crippen LogP contribution < -0.4 is 14.2 Å². The van der Waals surface area contributed by atoms with Gasteiger partial charge < -0.3 is 18.9 Å². The van der Waals surface area contributed by atoms with Gasteiger partial charge >= 0.3 is 12.3 Å². The molecular weight excluding hydrogens is 383 g/mol. The van der Waals surface area contributed by atoms with Crippen molar-refractivity contribution in [1.82, 2.24) is 0 Å². The van der Waals surface area contributed by atoms with Crippen LogP contribution in [-0.4, -0.2) is 39.1 Å². The van der Waals surface area contributed by atoms with Crippen molar-refractivity contribution < 1.29 is 41.7 Å². The second kappa shape index (κ2) is 9.58. The lowest BCUT2D eigenvalue weighted by molar-refractivity contribution is -0.274. The van der Waals surface area contributed by atoms with Crippen molar-refractivity contribution >= 4 is 18.5 Å². The van der Waals surface area contributed by atoms with E-state index in [1.54, 1.807) is 0 Å². The molecule has 0 saturated heterocycles. The second-order valence-electron chi connectivity index (χ2n) is 5.19. The largest absolute Gasteiger partial charge is 0.573 e. The van der Waals surface area contributed by atoms with E-state index in [0.717, 1.165) is 31.4 Å². The molecule has 7 nitrogen and oxygen atoms in total. The molecule has 1 aromatic carbocycles. The summed E-state index contributed by atoms with van der Waals surface area (Å²) in [4.78, 5) is 27.0. The van der Waals surface area contributed by atoms with E-state index in [1.165, 1.54) is 21.0 Å². The van der Waals surface area contributed by atoms with E-state index in [0.29, 0.717) is 0 Å². The summed E-state index contributed by atoms with van der Waals surface area (Å²) in [5.41, 5.74) is -0.128. The van der Waals surface area contributed by atoms with Crippen LogP contribution in [0.1, 0.15) is 13.8 Å². The number of benzene rings is 1. The third-order valence-electron chi connectivity index (χ3n) is 3.25. The Hall–Kier alpha value is -3.30. The van der Waals surface area contributed by atoms with Gasteiger partial charge in [0.15, 0.2) is 17.3 Å². The highest BCUT2D eigenvalue weighted by atomic mass is 19.4. The molecule has 0 fully saturated rings. The number of methoxy groups -OCH3 is 2. The van der Waals surface area contributed by atoms with Gasteiger partial charge in [0, 0.05) is 19.1 Å². The lowest BCUT2D eigenvalue weighted by Crippen LogP contribution is -2.17. The van der Waals surface area contributed by atoms with Crippen molar-refractivity contribution in [2.75, 3.05) is 14.2 Å². The van der Waals surface area contributed by atoms with Crippen molar-refractivity contribution in [1.29, 1.82) is 0 Å². The Morgan fingerprint density at radius 3 is 2.25 bits per heavy atom. The minimum atomic E-state index is -4.88. The second-order valence-corrected chi connectivity index (χ2v) is 5.19. The van der Waals surface area contributed by atoms with Gasteiger partial charge in [-0.3, -0.25) is 9.79 Å². The summed E-state index contributed by atoms with van der Waals surface area (Å²) in [7, 11) is 2.35. The van der Waals surface area contributed by atoms with Crippen LogP contribution in [0, 0.1) is 0 Å². The molecule has 0 radical (unpaired) electrons. The molecule has 1 rings (SSSR count). The van der Waals surface area contributed by atoms with Gasteiger partial charge in [-0.1, -0.05) is 0 Å². The van der Waals surface area contributed by atoms with Crippen LogP contribution in [0.15, 0.2) is 46.3 Å².